The molecule has 2 heterocycles. The molecular weight excluding hydrogens is 484 g/mol. The van der Waals surface area contributed by atoms with Crippen molar-refractivity contribution < 1.29 is 29.3 Å². The molecule has 38 heavy (non-hydrogen) atoms. The van der Waals surface area contributed by atoms with Crippen LogP contribution in [0.2, 0.25) is 0 Å². The molecule has 3 N–H and O–H groups in total. The third-order valence-corrected chi connectivity index (χ3v) is 7.54. The fraction of sp³-hybridized carbons (Fsp3) is 0.533. The van der Waals surface area contributed by atoms with Crippen molar-refractivity contribution in [3.05, 3.63) is 65.2 Å². The molecule has 2 fully saturated rings. The molecule has 206 valence electrons. The van der Waals surface area contributed by atoms with E-state index in [-0.39, 0.29) is 43.5 Å². The minimum Gasteiger partial charge on any atom is -0.481 e. The van der Waals surface area contributed by atoms with Gasteiger partial charge < -0.3 is 29.9 Å². The maximum absolute atomic E-state index is 12.0. The predicted octanol–water partition coefficient (Wildman–Crippen LogP) is 5.04. The van der Waals surface area contributed by atoms with Crippen LogP contribution in [0.15, 0.2) is 48.5 Å². The summed E-state index contributed by atoms with van der Waals surface area (Å²) in [6.45, 7) is 5.22. The van der Waals surface area contributed by atoms with Gasteiger partial charge in [0, 0.05) is 30.1 Å². The van der Waals surface area contributed by atoms with Gasteiger partial charge in [0.1, 0.15) is 0 Å². The first-order valence-corrected chi connectivity index (χ1v) is 13.8. The number of likely N-dealkylation sites (tertiary alicyclic amines) is 1. The Morgan fingerprint density at radius 2 is 1.53 bits per heavy atom. The second-order valence-electron chi connectivity index (χ2n) is 10.5. The van der Waals surface area contributed by atoms with E-state index >= 15 is 0 Å². The minimum atomic E-state index is -0.998. The summed E-state index contributed by atoms with van der Waals surface area (Å²) in [5.74, 6) is -1.20. The number of hydrogen-bond donors (Lipinski definition) is 3. The summed E-state index contributed by atoms with van der Waals surface area (Å²) in [6, 6.07) is 15.3. The molecule has 2 saturated heterocycles. The molecule has 4 atom stereocenters. The number of carboxylic acids is 1. The number of nitrogens with one attached hydrogen (secondary N) is 1. The van der Waals surface area contributed by atoms with Crippen molar-refractivity contribution in [2.45, 2.75) is 77.0 Å². The van der Waals surface area contributed by atoms with Crippen molar-refractivity contribution in [3.63, 3.8) is 0 Å². The highest BCUT2D eigenvalue weighted by Crippen LogP contribution is 2.42. The van der Waals surface area contributed by atoms with Crippen LogP contribution in [0, 0.1) is 5.92 Å². The van der Waals surface area contributed by atoms with Gasteiger partial charge in [0.05, 0.1) is 25.2 Å². The van der Waals surface area contributed by atoms with Crippen LogP contribution in [0.3, 0.4) is 0 Å². The lowest BCUT2D eigenvalue weighted by Crippen LogP contribution is -2.45. The molecule has 2 aromatic carbocycles. The lowest BCUT2D eigenvalue weighted by atomic mass is 9.89. The Balaban J connectivity index is 1.50. The first-order chi connectivity index (χ1) is 18.4. The number of aliphatic hydroxyl groups is 1. The fourth-order valence-corrected chi connectivity index (χ4v) is 5.25. The highest BCUT2D eigenvalue weighted by Gasteiger charge is 2.39. The Kier molecular flexibility index (Phi) is 10.3. The van der Waals surface area contributed by atoms with Crippen LogP contribution in [-0.4, -0.2) is 52.7 Å². The summed E-state index contributed by atoms with van der Waals surface area (Å²) in [6.07, 6.45) is 5.28. The van der Waals surface area contributed by atoms with Crippen LogP contribution < -0.4 is 5.32 Å². The number of amides is 1. The highest BCUT2D eigenvalue weighted by atomic mass is 16.7. The number of carboxylic acid groups (broad SMARTS) is 1. The van der Waals surface area contributed by atoms with Crippen LogP contribution in [0.5, 0.6) is 0 Å². The molecule has 8 nitrogen and oxygen atoms in total. The van der Waals surface area contributed by atoms with E-state index < -0.39 is 12.3 Å². The highest BCUT2D eigenvalue weighted by molar-refractivity contribution is 5.92. The molecule has 2 aliphatic heterocycles. The monoisotopic (exact) mass is 524 g/mol. The summed E-state index contributed by atoms with van der Waals surface area (Å²) in [7, 11) is 0. The average molecular weight is 525 g/mol. The van der Waals surface area contributed by atoms with E-state index in [4.69, 9.17) is 14.6 Å². The molecule has 1 amide bonds. The molecule has 2 aliphatic rings. The normalized spacial score (nSPS) is 24.8. The number of benzene rings is 2. The fourth-order valence-electron chi connectivity index (χ4n) is 5.25. The number of rotatable bonds is 9. The zero-order valence-corrected chi connectivity index (χ0v) is 22.2. The first-order valence-electron chi connectivity index (χ1n) is 13.8. The lowest BCUT2D eigenvalue weighted by Gasteiger charge is -2.43. The minimum absolute atomic E-state index is 0.00384. The third-order valence-electron chi connectivity index (χ3n) is 7.54. The van der Waals surface area contributed by atoms with Crippen LogP contribution in [0.25, 0.3) is 0 Å². The van der Waals surface area contributed by atoms with Gasteiger partial charge in [0.2, 0.25) is 5.91 Å². The molecule has 0 bridgehead atoms. The smallest absolute Gasteiger partial charge is 0.303 e. The van der Waals surface area contributed by atoms with Crippen molar-refractivity contribution in [1.82, 2.24) is 4.90 Å². The van der Waals surface area contributed by atoms with Crippen molar-refractivity contribution in [2.24, 2.45) is 5.92 Å². The second-order valence-corrected chi connectivity index (χ2v) is 10.5. The summed E-state index contributed by atoms with van der Waals surface area (Å²) >= 11 is 0. The SMILES string of the molecule is CC1C(CN2CCCCCCC2)OC(c2ccc(NC(=O)CCC(=O)O)cc2)OC1c1ccc(CO)cc1. The first kappa shape index (κ1) is 28.2. The number of aliphatic hydroxyl groups excluding tert-OH is 1. The van der Waals surface area contributed by atoms with E-state index in [9.17, 15) is 14.7 Å². The maximum atomic E-state index is 12.0. The predicted molar refractivity (Wildman–Crippen MR) is 144 cm³/mol. The molecular formula is C30H40N2O6. The van der Waals surface area contributed by atoms with Crippen molar-refractivity contribution >= 4 is 17.6 Å². The number of anilines is 1. The van der Waals surface area contributed by atoms with Gasteiger partial charge in [-0.25, -0.2) is 0 Å². The van der Waals surface area contributed by atoms with Crippen LogP contribution in [0.4, 0.5) is 5.69 Å². The molecule has 4 unspecified atom stereocenters. The molecule has 0 saturated carbocycles. The molecule has 4 rings (SSSR count). The molecule has 0 spiro atoms. The van der Waals surface area contributed by atoms with Crippen LogP contribution in [-0.2, 0) is 25.7 Å². The molecule has 0 aromatic heterocycles. The van der Waals surface area contributed by atoms with Gasteiger partial charge in [-0.2, -0.15) is 0 Å². The Hall–Kier alpha value is -2.78. The Bertz CT molecular complexity index is 1030. The Labute approximate surface area is 224 Å². The summed E-state index contributed by atoms with van der Waals surface area (Å²) < 4.78 is 13.1. The van der Waals surface area contributed by atoms with E-state index in [0.29, 0.717) is 5.69 Å². The van der Waals surface area contributed by atoms with Gasteiger partial charge in [0.25, 0.3) is 0 Å². The van der Waals surface area contributed by atoms with Gasteiger partial charge in [-0.3, -0.25) is 9.59 Å². The Morgan fingerprint density at radius 3 is 2.16 bits per heavy atom. The van der Waals surface area contributed by atoms with Crippen molar-refractivity contribution in [2.75, 3.05) is 25.0 Å². The topological polar surface area (TPSA) is 108 Å². The van der Waals surface area contributed by atoms with Crippen molar-refractivity contribution in [1.29, 1.82) is 0 Å². The quantitative estimate of drug-likeness (QED) is 0.422. The Morgan fingerprint density at radius 1 is 0.895 bits per heavy atom. The number of carbonyl (C=O) groups excluding carboxylic acids is 1. The van der Waals surface area contributed by atoms with Gasteiger partial charge in [-0.1, -0.05) is 62.6 Å². The largest absolute Gasteiger partial charge is 0.481 e. The summed E-state index contributed by atoms with van der Waals surface area (Å²) in [5, 5.41) is 21.0. The van der Waals surface area contributed by atoms with Gasteiger partial charge in [-0.05, 0) is 49.2 Å². The average Bonchev–Trinajstić information content (AvgIpc) is 2.90. The van der Waals surface area contributed by atoms with Crippen molar-refractivity contribution in [3.8, 4) is 0 Å². The van der Waals surface area contributed by atoms with E-state index in [0.717, 1.165) is 36.3 Å². The summed E-state index contributed by atoms with van der Waals surface area (Å²) in [4.78, 5) is 25.3. The number of ether oxygens (including phenoxy) is 2. The van der Waals surface area contributed by atoms with E-state index in [1.54, 1.807) is 12.1 Å². The zero-order chi connectivity index (χ0) is 26.9. The van der Waals surface area contributed by atoms with E-state index in [2.05, 4.69) is 17.1 Å². The zero-order valence-electron chi connectivity index (χ0n) is 22.2. The second kappa shape index (κ2) is 13.8. The number of nitrogens with zero attached hydrogens (tertiary/aromatic N) is 1. The lowest BCUT2D eigenvalue weighted by molar-refractivity contribution is -0.276. The standard InChI is InChI=1S/C30H40N2O6/c1-21-26(19-32-17-5-3-2-4-6-18-32)37-30(38-29(21)23-9-7-22(20-33)8-10-23)24-11-13-25(14-12-24)31-27(34)15-16-28(35)36/h7-14,21,26,29-30,33H,2-6,15-20H2,1H3,(H,31,34)(H,35,36). The molecule has 8 heteroatoms. The van der Waals surface area contributed by atoms with Gasteiger partial charge in [0.15, 0.2) is 6.29 Å². The van der Waals surface area contributed by atoms with Gasteiger partial charge in [-0.15, -0.1) is 0 Å². The van der Waals surface area contributed by atoms with Gasteiger partial charge >= 0.3 is 5.97 Å². The third kappa shape index (κ3) is 7.86. The van der Waals surface area contributed by atoms with E-state index in [1.165, 1.54) is 32.1 Å². The maximum Gasteiger partial charge on any atom is 0.303 e. The molecule has 2 aromatic rings. The molecule has 0 aliphatic carbocycles. The van der Waals surface area contributed by atoms with Crippen LogP contribution in [0.1, 0.15) is 81.0 Å². The molecule has 0 radical (unpaired) electrons. The van der Waals surface area contributed by atoms with E-state index in [1.807, 2.05) is 36.4 Å². The number of hydrogen-bond acceptors (Lipinski definition) is 6. The number of carbonyl (C=O) groups is 2. The van der Waals surface area contributed by atoms with Crippen LogP contribution >= 0.6 is 0 Å². The summed E-state index contributed by atoms with van der Waals surface area (Å²) in [5.41, 5.74) is 3.38. The number of aliphatic carboxylic acids is 1.